The van der Waals surface area contributed by atoms with E-state index in [9.17, 15) is 14.4 Å². The average Bonchev–Trinajstić information content (AvgIpc) is 3.05. The van der Waals surface area contributed by atoms with Crippen molar-refractivity contribution in [3.8, 4) is 11.5 Å². The zero-order valence-corrected chi connectivity index (χ0v) is 24.8. The zero-order valence-electron chi connectivity index (χ0n) is 24.8. The molecule has 0 saturated carbocycles. The Morgan fingerprint density at radius 3 is 1.75 bits per heavy atom. The average molecular weight is 599 g/mol. The molecule has 0 aromatic heterocycles. The number of ether oxygens (including phenoxy) is 5. The number of aryl methyl sites for hydroxylation is 1. The van der Waals surface area contributed by atoms with Crippen LogP contribution in [0.4, 0.5) is 0 Å². The van der Waals surface area contributed by atoms with Gasteiger partial charge in [-0.25, -0.2) is 14.4 Å². The molecule has 3 aromatic rings. The Balaban J connectivity index is 1.34. The predicted octanol–water partition coefficient (Wildman–Crippen LogP) is 6.69. The lowest BCUT2D eigenvalue weighted by Crippen LogP contribution is -2.09. The Hall–Kier alpha value is -5.11. The molecule has 0 atom stereocenters. The second kappa shape index (κ2) is 18.4. The molecule has 230 valence electrons. The van der Waals surface area contributed by atoms with Crippen molar-refractivity contribution in [3.63, 3.8) is 0 Å². The van der Waals surface area contributed by atoms with Crippen molar-refractivity contribution < 1.29 is 38.1 Å². The van der Waals surface area contributed by atoms with Gasteiger partial charge in [0.15, 0.2) is 0 Å². The minimum atomic E-state index is -0.472. The highest BCUT2D eigenvalue weighted by atomic mass is 16.5. The van der Waals surface area contributed by atoms with Crippen molar-refractivity contribution in [2.45, 2.75) is 32.1 Å². The second-order valence-electron chi connectivity index (χ2n) is 9.68. The summed E-state index contributed by atoms with van der Waals surface area (Å²) in [5, 5.41) is 0. The maximum atomic E-state index is 12.5. The summed E-state index contributed by atoms with van der Waals surface area (Å²) < 4.78 is 26.8. The first-order valence-electron chi connectivity index (χ1n) is 14.4. The molecular formula is C36H38O8. The third kappa shape index (κ3) is 12.0. The molecule has 0 N–H and O–H groups in total. The van der Waals surface area contributed by atoms with Crippen LogP contribution >= 0.6 is 0 Å². The van der Waals surface area contributed by atoms with Crippen molar-refractivity contribution in [2.75, 3.05) is 26.4 Å². The van der Waals surface area contributed by atoms with E-state index in [0.29, 0.717) is 55.5 Å². The molecule has 8 heteroatoms. The first-order chi connectivity index (χ1) is 21.4. The fraction of sp³-hybridized carbons (Fsp3) is 0.250. The Kier molecular flexibility index (Phi) is 14.0. The molecule has 0 aliphatic heterocycles. The van der Waals surface area contributed by atoms with E-state index in [1.807, 2.05) is 24.3 Å². The summed E-state index contributed by atoms with van der Waals surface area (Å²) >= 11 is 0. The largest absolute Gasteiger partial charge is 0.493 e. The summed E-state index contributed by atoms with van der Waals surface area (Å²) in [6.07, 6.45) is 6.10. The molecule has 3 aromatic carbocycles. The van der Waals surface area contributed by atoms with Gasteiger partial charge in [-0.3, -0.25) is 0 Å². The van der Waals surface area contributed by atoms with E-state index in [4.69, 9.17) is 23.7 Å². The Bertz CT molecular complexity index is 1390. The first-order valence-corrected chi connectivity index (χ1v) is 14.4. The molecule has 3 rings (SSSR count). The van der Waals surface area contributed by atoms with Crippen molar-refractivity contribution in [3.05, 3.63) is 127 Å². The van der Waals surface area contributed by atoms with E-state index in [-0.39, 0.29) is 6.61 Å². The van der Waals surface area contributed by atoms with Crippen LogP contribution in [-0.2, 0) is 36.6 Å². The molecule has 0 aliphatic carbocycles. The van der Waals surface area contributed by atoms with Gasteiger partial charge in [0, 0.05) is 30.6 Å². The fourth-order valence-corrected chi connectivity index (χ4v) is 3.95. The molecule has 8 nitrogen and oxygen atoms in total. The van der Waals surface area contributed by atoms with Gasteiger partial charge in [0.2, 0.25) is 0 Å². The molecule has 0 aliphatic rings. The van der Waals surface area contributed by atoms with Crippen LogP contribution in [0.5, 0.6) is 11.5 Å². The van der Waals surface area contributed by atoms with Crippen LogP contribution < -0.4 is 9.47 Å². The van der Waals surface area contributed by atoms with Crippen molar-refractivity contribution in [2.24, 2.45) is 0 Å². The molecule has 0 fully saturated rings. The number of hydrogen-bond donors (Lipinski definition) is 0. The van der Waals surface area contributed by atoms with Crippen LogP contribution in [-0.4, -0.2) is 44.3 Å². The lowest BCUT2D eigenvalue weighted by Gasteiger charge is -2.11. The van der Waals surface area contributed by atoms with Crippen LogP contribution in [0.25, 0.3) is 5.76 Å². The maximum absolute atomic E-state index is 12.5. The lowest BCUT2D eigenvalue weighted by atomic mass is 10.1. The Morgan fingerprint density at radius 1 is 0.568 bits per heavy atom. The molecule has 0 saturated heterocycles. The van der Waals surface area contributed by atoms with Gasteiger partial charge in [-0.1, -0.05) is 56.1 Å². The van der Waals surface area contributed by atoms with Crippen LogP contribution in [0.3, 0.4) is 0 Å². The van der Waals surface area contributed by atoms with Crippen LogP contribution in [0.2, 0.25) is 0 Å². The highest BCUT2D eigenvalue weighted by Crippen LogP contribution is 2.19. The molecule has 0 radical (unpaired) electrons. The van der Waals surface area contributed by atoms with Gasteiger partial charge >= 0.3 is 17.9 Å². The van der Waals surface area contributed by atoms with Gasteiger partial charge in [-0.2, -0.15) is 0 Å². The quantitative estimate of drug-likeness (QED) is 0.0495. The van der Waals surface area contributed by atoms with Gasteiger partial charge in [0.05, 0.1) is 32.0 Å². The summed E-state index contributed by atoms with van der Waals surface area (Å²) in [6, 6.07) is 22.0. The lowest BCUT2D eigenvalue weighted by molar-refractivity contribution is -0.138. The highest BCUT2D eigenvalue weighted by Gasteiger charge is 2.10. The summed E-state index contributed by atoms with van der Waals surface area (Å²) in [5.41, 5.74) is 3.54. The Morgan fingerprint density at radius 2 is 1.11 bits per heavy atom. The molecule has 0 amide bonds. The number of carbonyl (C=O) groups excluding carboxylic acids is 3. The molecule has 0 bridgehead atoms. The number of hydrogen-bond acceptors (Lipinski definition) is 8. The number of carbonyl (C=O) groups is 3. The van der Waals surface area contributed by atoms with Crippen molar-refractivity contribution >= 4 is 23.7 Å². The third-order valence-corrected chi connectivity index (χ3v) is 6.41. The Labute approximate surface area is 258 Å². The maximum Gasteiger partial charge on any atom is 0.343 e. The first kappa shape index (κ1) is 33.4. The number of esters is 3. The summed E-state index contributed by atoms with van der Waals surface area (Å²) in [5.74, 6) is 0.311. The van der Waals surface area contributed by atoms with Gasteiger partial charge in [0.1, 0.15) is 17.3 Å². The van der Waals surface area contributed by atoms with Gasteiger partial charge in [-0.05, 0) is 66.8 Å². The summed E-state index contributed by atoms with van der Waals surface area (Å²) in [4.78, 5) is 34.6. The minimum absolute atomic E-state index is 0.243. The SMILES string of the molecule is C=CC(=O)OCCCCc1ccc(C(=C)OCCc2ccc(OC(=O)c3ccc(OCCCOC(=O)C=C)cc3)cc2)cc1. The standard InChI is InChI=1S/C36H38O8/c1-4-34(37)42-23-7-6-9-28-10-14-30(15-11-28)27(3)40-26-22-29-12-18-33(19-13-29)44-36(39)31-16-20-32(21-17-31)41-24-8-25-43-35(38)5-2/h4-5,10-21H,1-3,6-9,22-26H2. The van der Waals surface area contributed by atoms with Crippen LogP contribution in [0.1, 0.15) is 46.3 Å². The van der Waals surface area contributed by atoms with Crippen LogP contribution in [0.15, 0.2) is 105 Å². The van der Waals surface area contributed by atoms with Gasteiger partial charge in [0.25, 0.3) is 0 Å². The topological polar surface area (TPSA) is 97.4 Å². The monoisotopic (exact) mass is 598 g/mol. The van der Waals surface area contributed by atoms with E-state index >= 15 is 0 Å². The summed E-state index contributed by atoms with van der Waals surface area (Å²) in [7, 11) is 0. The smallest absolute Gasteiger partial charge is 0.343 e. The van der Waals surface area contributed by atoms with Gasteiger partial charge in [-0.15, -0.1) is 0 Å². The normalized spacial score (nSPS) is 10.3. The number of benzene rings is 3. The van der Waals surface area contributed by atoms with E-state index in [1.54, 1.807) is 36.4 Å². The molecule has 44 heavy (non-hydrogen) atoms. The zero-order chi connectivity index (χ0) is 31.6. The second-order valence-corrected chi connectivity index (χ2v) is 9.68. The molecule has 0 spiro atoms. The highest BCUT2D eigenvalue weighted by molar-refractivity contribution is 5.91. The van der Waals surface area contributed by atoms with Crippen LogP contribution in [0, 0.1) is 0 Å². The molecular weight excluding hydrogens is 560 g/mol. The summed E-state index contributed by atoms with van der Waals surface area (Å²) in [6.45, 7) is 12.2. The van der Waals surface area contributed by atoms with E-state index in [1.165, 1.54) is 11.6 Å². The minimum Gasteiger partial charge on any atom is -0.493 e. The third-order valence-electron chi connectivity index (χ3n) is 6.41. The van der Waals surface area contributed by atoms with Crippen molar-refractivity contribution in [1.29, 1.82) is 0 Å². The fourth-order valence-electron chi connectivity index (χ4n) is 3.95. The molecule has 0 heterocycles. The molecule has 0 unspecified atom stereocenters. The predicted molar refractivity (Wildman–Crippen MR) is 168 cm³/mol. The van der Waals surface area contributed by atoms with Gasteiger partial charge < -0.3 is 23.7 Å². The number of rotatable bonds is 19. The van der Waals surface area contributed by atoms with E-state index in [2.05, 4.69) is 31.9 Å². The van der Waals surface area contributed by atoms with E-state index in [0.717, 1.165) is 36.5 Å². The van der Waals surface area contributed by atoms with E-state index < -0.39 is 17.9 Å². The van der Waals surface area contributed by atoms with Crippen molar-refractivity contribution in [1.82, 2.24) is 0 Å². The number of unbranched alkanes of at least 4 members (excludes halogenated alkanes) is 1.